The Morgan fingerprint density at radius 1 is 0.560 bits per heavy atom. The van der Waals surface area contributed by atoms with E-state index in [4.69, 9.17) is 0 Å². The Morgan fingerprint density at radius 3 is 1.20 bits per heavy atom. The molecule has 1 aromatic heterocycles. The number of hydrogen-bond acceptors (Lipinski definition) is 1. The SMILES string of the molecule is F[B-](F)(F)F.F[B-](F)(F)F.F[B-](F)(F)F.[KH].c1ccc2sccc2c1. The van der Waals surface area contributed by atoms with E-state index in [1.54, 1.807) is 11.3 Å². The van der Waals surface area contributed by atoms with Gasteiger partial charge < -0.3 is 51.8 Å². The Labute approximate surface area is 180 Å². The number of thiophene rings is 1. The van der Waals surface area contributed by atoms with E-state index in [1.165, 1.54) is 10.1 Å². The summed E-state index contributed by atoms with van der Waals surface area (Å²) in [5.74, 6) is 0. The van der Waals surface area contributed by atoms with Crippen LogP contribution in [0.1, 0.15) is 0 Å². The summed E-state index contributed by atoms with van der Waals surface area (Å²) in [6.45, 7) is 0. The minimum atomic E-state index is -6.00. The normalized spacial score (nSPS) is 10.9. The van der Waals surface area contributed by atoms with Crippen LogP contribution in [0.15, 0.2) is 35.7 Å². The fourth-order valence-electron chi connectivity index (χ4n) is 0.906. The zero-order chi connectivity index (χ0) is 19.6. The second-order valence-electron chi connectivity index (χ2n) is 3.44. The van der Waals surface area contributed by atoms with Crippen molar-refractivity contribution >= 4 is 94.6 Å². The monoisotopic (exact) mass is 435 g/mol. The second kappa shape index (κ2) is 13.4. The standard InChI is InChI=1S/C8H6S.3BF4.K.H/c1-2-4-8-7(3-1)5-6-9-8;3*2-1(3,4)5;;/h1-6H;;;;;/q;3*-1;;. The quantitative estimate of drug-likeness (QED) is 0.344. The van der Waals surface area contributed by atoms with Crippen molar-refractivity contribution in [3.8, 4) is 0 Å². The van der Waals surface area contributed by atoms with Crippen molar-refractivity contribution in [1.82, 2.24) is 0 Å². The molecule has 2 rings (SSSR count). The van der Waals surface area contributed by atoms with Crippen LogP contribution < -0.4 is 0 Å². The fraction of sp³-hybridized carbons (Fsp3) is 0. The van der Waals surface area contributed by atoms with Gasteiger partial charge in [-0.15, -0.1) is 11.3 Å². The molecule has 1 aromatic carbocycles. The smallest absolute Gasteiger partial charge is 0.0342 e. The first kappa shape index (κ1) is 29.9. The molecule has 0 fully saturated rings. The molecule has 142 valence electrons. The number of rotatable bonds is 0. The van der Waals surface area contributed by atoms with Crippen LogP contribution in [0.3, 0.4) is 0 Å². The number of fused-ring (bicyclic) bond motifs is 1. The Balaban J connectivity index is -0.000000269. The van der Waals surface area contributed by atoms with Crippen molar-refractivity contribution < 1.29 is 51.8 Å². The van der Waals surface area contributed by atoms with E-state index < -0.39 is 21.8 Å². The number of hydrogen-bond donors (Lipinski definition) is 0. The van der Waals surface area contributed by atoms with Gasteiger partial charge in [0.1, 0.15) is 0 Å². The largest absolute Gasteiger partial charge is 0.144 e. The van der Waals surface area contributed by atoms with E-state index in [0.29, 0.717) is 0 Å². The van der Waals surface area contributed by atoms with Crippen LogP contribution >= 0.6 is 11.3 Å². The van der Waals surface area contributed by atoms with Crippen LogP contribution in [-0.4, -0.2) is 73.1 Å². The van der Waals surface area contributed by atoms with Gasteiger partial charge in [-0.3, -0.25) is 0 Å². The molecule has 0 nitrogen and oxygen atoms in total. The predicted molar refractivity (Wildman–Crippen MR) is 79.5 cm³/mol. The van der Waals surface area contributed by atoms with Crippen LogP contribution in [-0.2, 0) is 0 Å². The number of halogens is 12. The molecule has 0 unspecified atom stereocenters. The molecule has 0 radical (unpaired) electrons. The molecule has 2 aromatic rings. The van der Waals surface area contributed by atoms with Crippen molar-refractivity contribution in [3.05, 3.63) is 35.7 Å². The van der Waals surface area contributed by atoms with Crippen LogP contribution in [0.4, 0.5) is 51.8 Å². The molecule has 0 bridgehead atoms. The molecule has 1 heterocycles. The molecular formula is C8H7B3F12KS-3. The van der Waals surface area contributed by atoms with Crippen LogP contribution in [0.2, 0.25) is 0 Å². The molecular weight excluding hydrogens is 428 g/mol. The van der Waals surface area contributed by atoms with Crippen molar-refractivity contribution in [2.75, 3.05) is 0 Å². The zero-order valence-corrected chi connectivity index (χ0v) is 12.0. The zero-order valence-electron chi connectivity index (χ0n) is 11.1. The van der Waals surface area contributed by atoms with E-state index in [1.807, 2.05) is 0 Å². The third-order valence-electron chi connectivity index (χ3n) is 1.36. The van der Waals surface area contributed by atoms with Gasteiger partial charge in [-0.1, -0.05) is 18.2 Å². The summed E-state index contributed by atoms with van der Waals surface area (Å²) in [6.07, 6.45) is 0. The van der Waals surface area contributed by atoms with Gasteiger partial charge >= 0.3 is 73.1 Å². The summed E-state index contributed by atoms with van der Waals surface area (Å²) >= 11 is 1.79. The molecule has 0 N–H and O–H groups in total. The van der Waals surface area contributed by atoms with Gasteiger partial charge in [-0.25, -0.2) is 0 Å². The summed E-state index contributed by atoms with van der Waals surface area (Å²) in [4.78, 5) is 0. The maximum atomic E-state index is 9.75. The van der Waals surface area contributed by atoms with Crippen molar-refractivity contribution in [3.63, 3.8) is 0 Å². The van der Waals surface area contributed by atoms with Crippen molar-refractivity contribution in [2.24, 2.45) is 0 Å². The van der Waals surface area contributed by atoms with Crippen molar-refractivity contribution in [2.45, 2.75) is 0 Å². The fourth-order valence-corrected chi connectivity index (χ4v) is 1.70. The maximum Gasteiger partial charge on any atom is 0.0342 e. The summed E-state index contributed by atoms with van der Waals surface area (Å²) in [6, 6.07) is 10.5. The van der Waals surface area contributed by atoms with Gasteiger partial charge in [0, 0.05) is 4.70 Å². The van der Waals surface area contributed by atoms with E-state index in [9.17, 15) is 51.8 Å². The van der Waals surface area contributed by atoms with E-state index in [0.717, 1.165) is 0 Å². The minimum Gasteiger partial charge on any atom is -0.144 e. The summed E-state index contributed by atoms with van der Waals surface area (Å²) in [5, 5.41) is 3.47. The molecule has 0 aliphatic rings. The maximum absolute atomic E-state index is 9.75. The predicted octanol–water partition coefficient (Wildman–Crippen LogP) is 6.15. The Kier molecular flexibility index (Phi) is 16.0. The first-order chi connectivity index (χ1) is 10.5. The minimum absolute atomic E-state index is 0. The summed E-state index contributed by atoms with van der Waals surface area (Å²) in [7, 11) is -18.0. The first-order valence-electron chi connectivity index (χ1n) is 5.51. The van der Waals surface area contributed by atoms with Gasteiger partial charge in [-0.2, -0.15) is 0 Å². The van der Waals surface area contributed by atoms with Gasteiger partial charge in [0.25, 0.3) is 0 Å². The molecule has 0 spiro atoms. The molecule has 0 saturated carbocycles. The number of benzene rings is 1. The third kappa shape index (κ3) is 40.3. The van der Waals surface area contributed by atoms with Gasteiger partial charge in [0.15, 0.2) is 0 Å². The van der Waals surface area contributed by atoms with Gasteiger partial charge in [-0.05, 0) is 22.9 Å². The average Bonchev–Trinajstić information content (AvgIpc) is 2.69. The summed E-state index contributed by atoms with van der Waals surface area (Å²) in [5.41, 5.74) is 0. The van der Waals surface area contributed by atoms with Crippen LogP contribution in [0.25, 0.3) is 10.1 Å². The van der Waals surface area contributed by atoms with Gasteiger partial charge in [0.05, 0.1) is 0 Å². The average molecular weight is 435 g/mol. The molecule has 0 saturated heterocycles. The summed E-state index contributed by atoms with van der Waals surface area (Å²) < 4.78 is 118. The van der Waals surface area contributed by atoms with E-state index in [2.05, 4.69) is 35.7 Å². The molecule has 0 amide bonds. The van der Waals surface area contributed by atoms with Gasteiger partial charge in [0.2, 0.25) is 0 Å². The molecule has 0 aliphatic heterocycles. The van der Waals surface area contributed by atoms with E-state index >= 15 is 0 Å². The van der Waals surface area contributed by atoms with Crippen LogP contribution in [0, 0.1) is 0 Å². The first-order valence-corrected chi connectivity index (χ1v) is 6.39. The molecule has 0 atom stereocenters. The third-order valence-corrected chi connectivity index (χ3v) is 2.26. The Morgan fingerprint density at radius 2 is 0.880 bits per heavy atom. The Hall–Kier alpha value is 0.171. The molecule has 0 aliphatic carbocycles. The Bertz CT molecular complexity index is 489. The van der Waals surface area contributed by atoms with Crippen molar-refractivity contribution in [1.29, 1.82) is 0 Å². The second-order valence-corrected chi connectivity index (χ2v) is 4.39. The molecule has 17 heteroatoms. The topological polar surface area (TPSA) is 0 Å². The van der Waals surface area contributed by atoms with E-state index in [-0.39, 0.29) is 51.4 Å². The van der Waals surface area contributed by atoms with Crippen LogP contribution in [0.5, 0.6) is 0 Å². The molecule has 25 heavy (non-hydrogen) atoms.